The van der Waals surface area contributed by atoms with Gasteiger partial charge in [0, 0.05) is 12.7 Å². The fourth-order valence-electron chi connectivity index (χ4n) is 4.03. The maximum Gasteiger partial charge on any atom is 0.332 e. The topological polar surface area (TPSA) is 85.3 Å². The van der Waals surface area contributed by atoms with E-state index in [-0.39, 0.29) is 13.1 Å². The number of rotatable bonds is 3. The Bertz CT molecular complexity index is 1340. The van der Waals surface area contributed by atoms with E-state index in [1.54, 1.807) is 11.6 Å². The van der Waals surface area contributed by atoms with E-state index in [1.165, 1.54) is 9.13 Å². The fraction of sp³-hybridized carbons (Fsp3) is 0.227. The van der Waals surface area contributed by atoms with Crippen molar-refractivity contribution in [1.82, 2.24) is 18.7 Å². The second-order valence-corrected chi connectivity index (χ2v) is 7.51. The molecule has 0 amide bonds. The second kappa shape index (κ2) is 7.00. The molecule has 4 aromatic rings. The lowest BCUT2D eigenvalue weighted by atomic mass is 10.2. The summed E-state index contributed by atoms with van der Waals surface area (Å²) in [5.74, 6) is 0.547. The van der Waals surface area contributed by atoms with Gasteiger partial charge in [0.25, 0.3) is 5.56 Å². The third kappa shape index (κ3) is 2.84. The summed E-state index contributed by atoms with van der Waals surface area (Å²) >= 11 is 0. The molecule has 0 spiro atoms. The number of benzene rings is 2. The van der Waals surface area contributed by atoms with Crippen molar-refractivity contribution < 1.29 is 5.11 Å². The minimum atomic E-state index is -0.672. The smallest absolute Gasteiger partial charge is 0.332 e. The van der Waals surface area contributed by atoms with Crippen LogP contribution in [0, 0.1) is 0 Å². The summed E-state index contributed by atoms with van der Waals surface area (Å²) in [6.07, 6.45) is -0.672. The van der Waals surface area contributed by atoms with Crippen LogP contribution < -0.4 is 16.1 Å². The number of hydrogen-bond acceptors (Lipinski definition) is 5. The van der Waals surface area contributed by atoms with Gasteiger partial charge in [-0.25, -0.2) is 4.79 Å². The molecule has 5 rings (SSSR count). The van der Waals surface area contributed by atoms with E-state index < -0.39 is 17.4 Å². The predicted octanol–water partition coefficient (Wildman–Crippen LogP) is 1.46. The van der Waals surface area contributed by atoms with Gasteiger partial charge in [0.1, 0.15) is 0 Å². The molecule has 8 nitrogen and oxygen atoms in total. The standard InChI is InChI=1S/C22H21N5O3/c1-24-19-18(20(29)27(22(24)30)12-15-8-4-2-5-9-15)26-14-17(28)13-25(21(26)23-19)16-10-6-3-7-11-16/h2-11,17,28H,12-14H2,1H3/t17-/m0/s1. The quantitative estimate of drug-likeness (QED) is 0.560. The average Bonchev–Trinajstić information content (AvgIpc) is 3.15. The molecule has 1 atom stereocenters. The van der Waals surface area contributed by atoms with Crippen LogP contribution in [-0.2, 0) is 20.1 Å². The molecule has 1 N–H and O–H groups in total. The molecule has 8 heteroatoms. The molecule has 0 bridgehead atoms. The lowest BCUT2D eigenvalue weighted by Crippen LogP contribution is -2.41. The van der Waals surface area contributed by atoms with Crippen LogP contribution >= 0.6 is 0 Å². The van der Waals surface area contributed by atoms with Crippen LogP contribution in [0.2, 0.25) is 0 Å². The Hall–Kier alpha value is -3.65. The minimum Gasteiger partial charge on any atom is -0.389 e. The Kier molecular flexibility index (Phi) is 4.29. The number of para-hydroxylation sites is 1. The van der Waals surface area contributed by atoms with Gasteiger partial charge in [-0.05, 0) is 17.7 Å². The summed E-state index contributed by atoms with van der Waals surface area (Å²) in [5.41, 5.74) is 1.54. The molecule has 0 aliphatic carbocycles. The summed E-state index contributed by atoms with van der Waals surface area (Å²) in [6, 6.07) is 19.0. The van der Waals surface area contributed by atoms with Crippen LogP contribution in [0.5, 0.6) is 0 Å². The summed E-state index contributed by atoms with van der Waals surface area (Å²) in [6.45, 7) is 0.779. The molecule has 0 radical (unpaired) electrons. The summed E-state index contributed by atoms with van der Waals surface area (Å²) in [7, 11) is 1.62. The van der Waals surface area contributed by atoms with E-state index in [1.807, 2.05) is 65.6 Å². The predicted molar refractivity (Wildman–Crippen MR) is 114 cm³/mol. The zero-order chi connectivity index (χ0) is 20.8. The molecule has 152 valence electrons. The first-order chi connectivity index (χ1) is 14.5. The number of β-amino-alcohol motifs (C(OH)–C–C–N with tert-alkyl or cyclic N) is 1. The van der Waals surface area contributed by atoms with E-state index in [9.17, 15) is 14.7 Å². The molecular formula is C22H21N5O3. The highest BCUT2D eigenvalue weighted by Gasteiger charge is 2.30. The van der Waals surface area contributed by atoms with Crippen molar-refractivity contribution in [3.63, 3.8) is 0 Å². The molecule has 1 aliphatic rings. The van der Waals surface area contributed by atoms with Crippen molar-refractivity contribution >= 4 is 22.8 Å². The number of aliphatic hydroxyl groups excluding tert-OH is 1. The van der Waals surface area contributed by atoms with Crippen molar-refractivity contribution in [2.24, 2.45) is 7.05 Å². The van der Waals surface area contributed by atoms with Crippen LogP contribution in [0.3, 0.4) is 0 Å². The second-order valence-electron chi connectivity index (χ2n) is 7.51. The lowest BCUT2D eigenvalue weighted by Gasteiger charge is -2.32. The van der Waals surface area contributed by atoms with Crippen molar-refractivity contribution in [3.8, 4) is 0 Å². The lowest BCUT2D eigenvalue weighted by molar-refractivity contribution is 0.154. The summed E-state index contributed by atoms with van der Waals surface area (Å²) in [5, 5.41) is 10.5. The fourth-order valence-corrected chi connectivity index (χ4v) is 4.03. The molecule has 30 heavy (non-hydrogen) atoms. The van der Waals surface area contributed by atoms with Crippen LogP contribution in [0.15, 0.2) is 70.3 Å². The molecule has 0 saturated heterocycles. The molecule has 0 unspecified atom stereocenters. The zero-order valence-corrected chi connectivity index (χ0v) is 16.5. The molecule has 0 fully saturated rings. The van der Waals surface area contributed by atoms with Crippen LogP contribution in [-0.4, -0.2) is 36.4 Å². The first-order valence-electron chi connectivity index (χ1n) is 9.79. The van der Waals surface area contributed by atoms with Gasteiger partial charge in [-0.15, -0.1) is 0 Å². The van der Waals surface area contributed by atoms with Crippen molar-refractivity contribution in [3.05, 3.63) is 87.1 Å². The largest absolute Gasteiger partial charge is 0.389 e. The molecule has 3 heterocycles. The maximum atomic E-state index is 13.4. The van der Waals surface area contributed by atoms with Crippen LogP contribution in [0.4, 0.5) is 11.6 Å². The molecule has 1 aliphatic heterocycles. The SMILES string of the molecule is Cn1c(=O)n(Cc2ccccc2)c(=O)c2c1nc1n2C[C@@H](O)CN1c1ccccc1. The Morgan fingerprint density at radius 2 is 1.67 bits per heavy atom. The Labute approximate surface area is 171 Å². The number of hydrogen-bond donors (Lipinski definition) is 1. The first-order valence-corrected chi connectivity index (χ1v) is 9.79. The average molecular weight is 403 g/mol. The highest BCUT2D eigenvalue weighted by molar-refractivity contribution is 5.77. The van der Waals surface area contributed by atoms with E-state index in [0.29, 0.717) is 23.7 Å². The molecular weight excluding hydrogens is 382 g/mol. The number of aryl methyl sites for hydroxylation is 1. The highest BCUT2D eigenvalue weighted by Crippen LogP contribution is 2.30. The van der Waals surface area contributed by atoms with Gasteiger partial charge in [0.05, 0.1) is 25.7 Å². The normalized spacial score (nSPS) is 16.1. The van der Waals surface area contributed by atoms with E-state index in [4.69, 9.17) is 0 Å². The number of nitrogens with zero attached hydrogens (tertiary/aromatic N) is 5. The third-order valence-corrected chi connectivity index (χ3v) is 5.49. The zero-order valence-electron chi connectivity index (χ0n) is 16.5. The van der Waals surface area contributed by atoms with Gasteiger partial charge in [0.2, 0.25) is 5.95 Å². The van der Waals surface area contributed by atoms with Crippen LogP contribution in [0.1, 0.15) is 5.56 Å². The van der Waals surface area contributed by atoms with Gasteiger partial charge in [0.15, 0.2) is 11.2 Å². The van der Waals surface area contributed by atoms with Gasteiger partial charge >= 0.3 is 5.69 Å². The van der Waals surface area contributed by atoms with E-state index in [2.05, 4.69) is 4.98 Å². The number of aliphatic hydroxyl groups is 1. The number of imidazole rings is 1. The summed E-state index contributed by atoms with van der Waals surface area (Å²) < 4.78 is 4.35. The van der Waals surface area contributed by atoms with Crippen LogP contribution in [0.25, 0.3) is 11.2 Å². The minimum absolute atomic E-state index is 0.174. The highest BCUT2D eigenvalue weighted by atomic mass is 16.3. The summed E-state index contributed by atoms with van der Waals surface area (Å²) in [4.78, 5) is 32.8. The number of fused-ring (bicyclic) bond motifs is 3. The van der Waals surface area contributed by atoms with Crippen molar-refractivity contribution in [2.75, 3.05) is 11.4 Å². The number of anilines is 2. The van der Waals surface area contributed by atoms with E-state index >= 15 is 0 Å². The van der Waals surface area contributed by atoms with Gasteiger partial charge in [-0.2, -0.15) is 4.98 Å². The molecule has 0 saturated carbocycles. The first kappa shape index (κ1) is 18.4. The molecule has 2 aromatic carbocycles. The van der Waals surface area contributed by atoms with Crippen molar-refractivity contribution in [2.45, 2.75) is 19.2 Å². The number of aromatic nitrogens is 4. The van der Waals surface area contributed by atoms with E-state index in [0.717, 1.165) is 11.3 Å². The third-order valence-electron chi connectivity index (χ3n) is 5.49. The Morgan fingerprint density at radius 1 is 1.00 bits per heavy atom. The van der Waals surface area contributed by atoms with Gasteiger partial charge in [-0.1, -0.05) is 48.5 Å². The monoisotopic (exact) mass is 403 g/mol. The molecule has 2 aromatic heterocycles. The van der Waals surface area contributed by atoms with Crippen molar-refractivity contribution in [1.29, 1.82) is 0 Å². The maximum absolute atomic E-state index is 13.4. The van der Waals surface area contributed by atoms with Gasteiger partial charge in [-0.3, -0.25) is 13.9 Å². The van der Waals surface area contributed by atoms with Gasteiger partial charge < -0.3 is 14.6 Å². The Balaban J connectivity index is 1.74. The Morgan fingerprint density at radius 3 is 2.37 bits per heavy atom.